The van der Waals surface area contributed by atoms with Crippen LogP contribution in [0.2, 0.25) is 5.15 Å². The molecule has 0 radical (unpaired) electrons. The van der Waals surface area contributed by atoms with Gasteiger partial charge in [-0.3, -0.25) is 9.36 Å². The first kappa shape index (κ1) is 21.0. The number of hydrogen-bond acceptors (Lipinski definition) is 2. The Bertz CT molecular complexity index is 389. The molecule has 0 aliphatic heterocycles. The number of aryl methyl sites for hydroxylation is 4. The first-order chi connectivity index (χ1) is 9.43. The maximum atomic E-state index is 5.69. The van der Waals surface area contributed by atoms with Crippen LogP contribution in [0.3, 0.4) is 0 Å². The van der Waals surface area contributed by atoms with Crippen molar-refractivity contribution in [3.05, 3.63) is 34.4 Å². The van der Waals surface area contributed by atoms with Crippen LogP contribution >= 0.6 is 11.6 Å². The number of aromatic nitrogens is 4. The molecule has 0 spiro atoms. The van der Waals surface area contributed by atoms with Gasteiger partial charge >= 0.3 is 0 Å². The summed E-state index contributed by atoms with van der Waals surface area (Å²) in [5, 5.41) is 8.65. The van der Waals surface area contributed by atoms with Crippen molar-refractivity contribution in [1.29, 1.82) is 0 Å². The van der Waals surface area contributed by atoms with Crippen LogP contribution in [-0.4, -0.2) is 19.6 Å². The second kappa shape index (κ2) is 11.5. The maximum Gasteiger partial charge on any atom is 0.129 e. The molecular weight excluding hydrogens is 272 g/mol. The molecule has 0 bridgehead atoms. The summed E-state index contributed by atoms with van der Waals surface area (Å²) >= 11 is 5.69. The first-order valence-corrected chi connectivity index (χ1v) is 7.40. The summed E-state index contributed by atoms with van der Waals surface area (Å²) in [4.78, 5) is 0. The van der Waals surface area contributed by atoms with Crippen molar-refractivity contribution in [2.45, 2.75) is 48.5 Å². The van der Waals surface area contributed by atoms with Crippen molar-refractivity contribution < 1.29 is 0 Å². The zero-order valence-corrected chi connectivity index (χ0v) is 15.1. The Morgan fingerprint density at radius 3 is 1.30 bits per heavy atom. The van der Waals surface area contributed by atoms with Crippen molar-refractivity contribution in [3.63, 3.8) is 0 Å². The SMILES string of the molecule is CC.CC.Cc1cnn(C)c1C.Cc1cnn(C)c1Cl. The molecule has 2 rings (SSSR count). The summed E-state index contributed by atoms with van der Waals surface area (Å²) in [5.41, 5.74) is 3.52. The molecule has 2 aromatic rings. The summed E-state index contributed by atoms with van der Waals surface area (Å²) in [7, 11) is 3.76. The Balaban J connectivity index is 0. The van der Waals surface area contributed by atoms with E-state index in [9.17, 15) is 0 Å². The molecule has 0 aliphatic carbocycles. The van der Waals surface area contributed by atoms with Gasteiger partial charge < -0.3 is 0 Å². The minimum absolute atomic E-state index is 0.713. The van der Waals surface area contributed by atoms with Gasteiger partial charge in [0.05, 0.1) is 12.4 Å². The number of hydrogen-bond donors (Lipinski definition) is 0. The molecule has 20 heavy (non-hydrogen) atoms. The van der Waals surface area contributed by atoms with Gasteiger partial charge in [-0.1, -0.05) is 39.3 Å². The molecule has 116 valence electrons. The third kappa shape index (κ3) is 6.75. The Labute approximate surface area is 128 Å². The lowest BCUT2D eigenvalue weighted by atomic mass is 10.3. The second-order valence-electron chi connectivity index (χ2n) is 3.78. The van der Waals surface area contributed by atoms with Crippen molar-refractivity contribution in [3.8, 4) is 0 Å². The molecule has 0 saturated carbocycles. The third-order valence-corrected chi connectivity index (χ3v) is 3.06. The predicted octanol–water partition coefficient (Wildman–Crippen LogP) is 4.47. The lowest BCUT2D eigenvalue weighted by Crippen LogP contribution is -1.91. The molecule has 0 atom stereocenters. The molecule has 0 unspecified atom stereocenters. The molecule has 0 aromatic carbocycles. The molecule has 0 amide bonds. The minimum Gasteiger partial charge on any atom is -0.273 e. The van der Waals surface area contributed by atoms with Crippen molar-refractivity contribution in [2.75, 3.05) is 0 Å². The van der Waals surface area contributed by atoms with Gasteiger partial charge in [0.2, 0.25) is 0 Å². The molecular formula is C15H29ClN4. The van der Waals surface area contributed by atoms with E-state index in [1.165, 1.54) is 11.3 Å². The normalized spacial score (nSPS) is 8.50. The lowest BCUT2D eigenvalue weighted by Gasteiger charge is -1.90. The van der Waals surface area contributed by atoms with Gasteiger partial charge in [0.15, 0.2) is 0 Å². The predicted molar refractivity (Wildman–Crippen MR) is 88.3 cm³/mol. The van der Waals surface area contributed by atoms with E-state index in [0.717, 1.165) is 5.56 Å². The van der Waals surface area contributed by atoms with Crippen LogP contribution < -0.4 is 0 Å². The van der Waals surface area contributed by atoms with Gasteiger partial charge in [-0.05, 0) is 26.3 Å². The van der Waals surface area contributed by atoms with Gasteiger partial charge in [0.25, 0.3) is 0 Å². The van der Waals surface area contributed by atoms with E-state index >= 15 is 0 Å². The number of halogens is 1. The maximum absolute atomic E-state index is 5.69. The molecule has 0 fully saturated rings. The van der Waals surface area contributed by atoms with Crippen molar-refractivity contribution in [1.82, 2.24) is 19.6 Å². The molecule has 0 N–H and O–H groups in total. The highest BCUT2D eigenvalue weighted by Crippen LogP contribution is 2.10. The average molecular weight is 301 g/mol. The fraction of sp³-hybridized carbons (Fsp3) is 0.600. The Morgan fingerprint density at radius 1 is 0.800 bits per heavy atom. The van der Waals surface area contributed by atoms with E-state index in [4.69, 9.17) is 11.6 Å². The van der Waals surface area contributed by atoms with Crippen LogP contribution in [0.5, 0.6) is 0 Å². The van der Waals surface area contributed by atoms with Crippen LogP contribution in [0.15, 0.2) is 12.4 Å². The van der Waals surface area contributed by atoms with Crippen LogP contribution in [0.25, 0.3) is 0 Å². The van der Waals surface area contributed by atoms with Gasteiger partial charge in [-0.15, -0.1) is 0 Å². The largest absolute Gasteiger partial charge is 0.273 e. The highest BCUT2D eigenvalue weighted by Gasteiger charge is 1.96. The standard InChI is InChI=1S/C6H10N2.C5H7ClN2.2C2H6/c1-5-4-7-8(3)6(5)2;1-4-3-7-8(2)5(4)6;2*1-2/h4H,1-3H3;3H,1-2H3;2*1-2H3. The summed E-state index contributed by atoms with van der Waals surface area (Å²) in [5.74, 6) is 0. The van der Waals surface area contributed by atoms with Gasteiger partial charge in [0, 0.05) is 25.4 Å². The van der Waals surface area contributed by atoms with Crippen LogP contribution in [0.1, 0.15) is 44.5 Å². The van der Waals surface area contributed by atoms with Crippen LogP contribution in [0.4, 0.5) is 0 Å². The van der Waals surface area contributed by atoms with Gasteiger partial charge in [0.1, 0.15) is 5.15 Å². The molecule has 4 nitrogen and oxygen atoms in total. The van der Waals surface area contributed by atoms with Gasteiger partial charge in [-0.25, -0.2) is 0 Å². The molecule has 5 heteroatoms. The Hall–Kier alpha value is -1.29. The Kier molecular flexibility index (Phi) is 12.1. The summed E-state index contributed by atoms with van der Waals surface area (Å²) in [6.45, 7) is 14.0. The zero-order chi connectivity index (χ0) is 16.3. The summed E-state index contributed by atoms with van der Waals surface area (Å²) in [6.07, 6.45) is 3.61. The van der Waals surface area contributed by atoms with E-state index in [0.29, 0.717) is 5.15 Å². The second-order valence-corrected chi connectivity index (χ2v) is 4.14. The molecule has 2 heterocycles. The summed E-state index contributed by atoms with van der Waals surface area (Å²) in [6, 6.07) is 0. The third-order valence-electron chi connectivity index (χ3n) is 2.51. The topological polar surface area (TPSA) is 35.6 Å². The minimum atomic E-state index is 0.713. The van der Waals surface area contributed by atoms with Crippen molar-refractivity contribution >= 4 is 11.6 Å². The van der Waals surface area contributed by atoms with Crippen molar-refractivity contribution in [2.24, 2.45) is 14.1 Å². The van der Waals surface area contributed by atoms with E-state index in [2.05, 4.69) is 24.0 Å². The van der Waals surface area contributed by atoms with Crippen LogP contribution in [0, 0.1) is 20.8 Å². The highest BCUT2D eigenvalue weighted by molar-refractivity contribution is 6.30. The first-order valence-electron chi connectivity index (χ1n) is 7.02. The Morgan fingerprint density at radius 2 is 1.20 bits per heavy atom. The van der Waals surface area contributed by atoms with Crippen LogP contribution in [-0.2, 0) is 14.1 Å². The van der Waals surface area contributed by atoms with E-state index in [-0.39, 0.29) is 0 Å². The smallest absolute Gasteiger partial charge is 0.129 e. The molecule has 2 aromatic heterocycles. The van der Waals surface area contributed by atoms with Gasteiger partial charge in [-0.2, -0.15) is 10.2 Å². The van der Waals surface area contributed by atoms with E-state index in [1.54, 1.807) is 10.9 Å². The summed E-state index contributed by atoms with van der Waals surface area (Å²) < 4.78 is 3.51. The number of rotatable bonds is 0. The quantitative estimate of drug-likeness (QED) is 0.719. The average Bonchev–Trinajstić information content (AvgIpc) is 2.94. The lowest BCUT2D eigenvalue weighted by molar-refractivity contribution is 0.739. The molecule has 0 saturated heterocycles. The number of nitrogens with zero attached hydrogens (tertiary/aromatic N) is 4. The highest BCUT2D eigenvalue weighted by atomic mass is 35.5. The van der Waals surface area contributed by atoms with E-state index in [1.807, 2.05) is 59.6 Å². The van der Waals surface area contributed by atoms with E-state index < -0.39 is 0 Å². The zero-order valence-electron chi connectivity index (χ0n) is 14.3. The fourth-order valence-corrected chi connectivity index (χ4v) is 1.23. The molecule has 0 aliphatic rings. The fourth-order valence-electron chi connectivity index (χ4n) is 1.14. The monoisotopic (exact) mass is 300 g/mol.